The highest BCUT2D eigenvalue weighted by Gasteiger charge is 2.48. The van der Waals surface area contributed by atoms with Crippen molar-refractivity contribution >= 4 is 17.5 Å². The number of amides is 1. The molecule has 1 aliphatic carbocycles. The highest BCUT2D eigenvalue weighted by molar-refractivity contribution is 6.32. The van der Waals surface area contributed by atoms with Gasteiger partial charge in [0.1, 0.15) is 11.6 Å². The Labute approximate surface area is 179 Å². The third-order valence-electron chi connectivity index (χ3n) is 5.86. The zero-order valence-electron chi connectivity index (χ0n) is 16.9. The first-order valence-electron chi connectivity index (χ1n) is 10.1. The lowest BCUT2D eigenvalue weighted by Crippen LogP contribution is -2.51. The highest BCUT2D eigenvalue weighted by Crippen LogP contribution is 2.45. The highest BCUT2D eigenvalue weighted by atomic mass is 35.5. The third kappa shape index (κ3) is 3.26. The van der Waals surface area contributed by atoms with Crippen LogP contribution in [0.3, 0.4) is 0 Å². The monoisotopic (exact) mass is 430 g/mol. The van der Waals surface area contributed by atoms with Gasteiger partial charge >= 0.3 is 0 Å². The molecule has 1 aromatic carbocycles. The Hall–Kier alpha value is -2.51. The molecule has 1 fully saturated rings. The number of aliphatic hydroxyl groups is 1. The average Bonchev–Trinajstić information content (AvgIpc) is 3.29. The molecule has 7 nitrogen and oxygen atoms in total. The normalized spacial score (nSPS) is 18.5. The van der Waals surface area contributed by atoms with Crippen molar-refractivity contribution in [3.8, 4) is 17.4 Å². The first-order valence-corrected chi connectivity index (χ1v) is 10.4. The molecule has 1 saturated carbocycles. The van der Waals surface area contributed by atoms with Gasteiger partial charge in [-0.15, -0.1) is 0 Å². The molecule has 0 unspecified atom stereocenters. The lowest BCUT2D eigenvalue weighted by Gasteiger charge is -2.37. The van der Waals surface area contributed by atoms with Gasteiger partial charge in [0.05, 0.1) is 23.4 Å². The van der Waals surface area contributed by atoms with Gasteiger partial charge in [-0.3, -0.25) is 4.79 Å². The molecule has 3 heterocycles. The Morgan fingerprint density at radius 3 is 2.90 bits per heavy atom. The number of pyridine rings is 1. The van der Waals surface area contributed by atoms with E-state index in [0.717, 1.165) is 24.0 Å². The van der Waals surface area contributed by atoms with Crippen molar-refractivity contribution in [2.24, 2.45) is 5.92 Å². The second kappa shape index (κ2) is 7.03. The fraction of sp³-hybridized carbons (Fsp3) is 0.455. The number of ether oxygens (including phenoxy) is 3. The molecule has 3 aliphatic rings. The van der Waals surface area contributed by atoms with Gasteiger partial charge in [0.15, 0.2) is 5.75 Å². The second-order valence-corrected chi connectivity index (χ2v) is 8.99. The summed E-state index contributed by atoms with van der Waals surface area (Å²) in [6.07, 6.45) is 3.53. The van der Waals surface area contributed by atoms with E-state index < -0.39 is 5.60 Å². The van der Waals surface area contributed by atoms with Gasteiger partial charge in [-0.25, -0.2) is 4.98 Å². The first kappa shape index (κ1) is 19.5. The van der Waals surface area contributed by atoms with E-state index in [1.807, 2.05) is 23.1 Å². The Balaban J connectivity index is 1.42. The van der Waals surface area contributed by atoms with Crippen molar-refractivity contribution in [2.45, 2.75) is 51.5 Å². The Morgan fingerprint density at radius 2 is 2.17 bits per heavy atom. The zero-order valence-corrected chi connectivity index (χ0v) is 17.6. The molecule has 1 amide bonds. The number of aromatic nitrogens is 1. The maximum atomic E-state index is 13.4. The number of halogens is 1. The van der Waals surface area contributed by atoms with Crippen LogP contribution in [0.1, 0.15) is 48.2 Å². The van der Waals surface area contributed by atoms with Gasteiger partial charge in [-0.2, -0.15) is 0 Å². The van der Waals surface area contributed by atoms with Gasteiger partial charge in [-0.05, 0) is 38.2 Å². The molecule has 0 spiro atoms. The number of rotatable bonds is 6. The number of hydrogen-bond acceptors (Lipinski definition) is 6. The fourth-order valence-corrected chi connectivity index (χ4v) is 4.71. The minimum absolute atomic E-state index is 0.0612. The van der Waals surface area contributed by atoms with E-state index >= 15 is 0 Å². The Bertz CT molecular complexity index is 1020. The van der Waals surface area contributed by atoms with Gasteiger partial charge in [-0.1, -0.05) is 29.8 Å². The van der Waals surface area contributed by atoms with Crippen LogP contribution in [0.4, 0.5) is 0 Å². The van der Waals surface area contributed by atoms with Crippen LogP contribution in [0.15, 0.2) is 24.4 Å². The number of fused-ring (bicyclic) bond motifs is 2. The van der Waals surface area contributed by atoms with Crippen LogP contribution in [0, 0.1) is 5.92 Å². The number of carbonyl (C=O) groups is 1. The molecule has 0 radical (unpaired) electrons. The van der Waals surface area contributed by atoms with Gasteiger partial charge < -0.3 is 24.2 Å². The summed E-state index contributed by atoms with van der Waals surface area (Å²) >= 11 is 6.25. The van der Waals surface area contributed by atoms with Crippen LogP contribution < -0.4 is 14.2 Å². The molecule has 8 heteroatoms. The van der Waals surface area contributed by atoms with Crippen LogP contribution in [-0.4, -0.2) is 39.3 Å². The lowest BCUT2D eigenvalue weighted by molar-refractivity contribution is -0.0224. The van der Waals surface area contributed by atoms with Crippen molar-refractivity contribution in [1.29, 1.82) is 0 Å². The molecule has 0 bridgehead atoms. The molecule has 1 N–H and O–H groups in total. The summed E-state index contributed by atoms with van der Waals surface area (Å²) in [5.74, 6) is 1.35. The number of benzene rings is 1. The maximum Gasteiger partial charge on any atom is 0.264 e. The van der Waals surface area contributed by atoms with Crippen molar-refractivity contribution in [2.75, 3.05) is 6.79 Å². The van der Waals surface area contributed by atoms with Crippen molar-refractivity contribution in [3.05, 3.63) is 46.1 Å². The van der Waals surface area contributed by atoms with Crippen molar-refractivity contribution in [3.63, 3.8) is 0 Å². The predicted molar refractivity (Wildman–Crippen MR) is 109 cm³/mol. The van der Waals surface area contributed by atoms with Crippen molar-refractivity contribution in [1.82, 2.24) is 9.88 Å². The van der Waals surface area contributed by atoms with Gasteiger partial charge in [0.25, 0.3) is 11.8 Å². The van der Waals surface area contributed by atoms with E-state index in [0.29, 0.717) is 40.4 Å². The number of carbonyl (C=O) groups excluding carboxylic acids is 1. The van der Waals surface area contributed by atoms with E-state index in [1.165, 1.54) is 6.20 Å². The molecular formula is C22H23ClN2O5. The summed E-state index contributed by atoms with van der Waals surface area (Å²) in [6, 6.07) is 5.56. The van der Waals surface area contributed by atoms with Crippen LogP contribution in [-0.2, 0) is 13.2 Å². The minimum atomic E-state index is -0.960. The smallest absolute Gasteiger partial charge is 0.264 e. The van der Waals surface area contributed by atoms with Crippen LogP contribution in [0.2, 0.25) is 5.02 Å². The summed E-state index contributed by atoms with van der Waals surface area (Å²) in [5.41, 5.74) is 1.40. The summed E-state index contributed by atoms with van der Waals surface area (Å²) in [4.78, 5) is 19.3. The van der Waals surface area contributed by atoms with E-state index in [-0.39, 0.29) is 25.3 Å². The molecule has 2 aliphatic heterocycles. The molecule has 30 heavy (non-hydrogen) atoms. The fourth-order valence-electron chi connectivity index (χ4n) is 4.53. The largest absolute Gasteiger partial charge is 0.483 e. The first-order chi connectivity index (χ1) is 14.3. The van der Waals surface area contributed by atoms with Crippen molar-refractivity contribution < 1.29 is 24.1 Å². The molecule has 0 saturated heterocycles. The number of hydrogen-bond donors (Lipinski definition) is 1. The molecule has 158 valence electrons. The number of nitrogens with zero attached hydrogens (tertiary/aromatic N) is 2. The Kier molecular flexibility index (Phi) is 4.56. The van der Waals surface area contributed by atoms with Gasteiger partial charge in [0, 0.05) is 12.1 Å². The van der Waals surface area contributed by atoms with E-state index in [4.69, 9.17) is 25.8 Å². The lowest BCUT2D eigenvalue weighted by atomic mass is 9.93. The summed E-state index contributed by atoms with van der Waals surface area (Å²) < 4.78 is 16.7. The molecule has 1 atom stereocenters. The summed E-state index contributed by atoms with van der Waals surface area (Å²) in [5, 5.41) is 11.0. The molecule has 5 rings (SSSR count). The summed E-state index contributed by atoms with van der Waals surface area (Å²) in [7, 11) is 0. The molecule has 1 aromatic heterocycles. The topological polar surface area (TPSA) is 81.1 Å². The zero-order chi connectivity index (χ0) is 21.0. The molecule has 2 aromatic rings. The second-order valence-electron chi connectivity index (χ2n) is 8.58. The van der Waals surface area contributed by atoms with E-state index in [9.17, 15) is 9.90 Å². The standard InChI is InChI=1S/C22H23ClN2O5/c1-22(2,27)19(12-6-7-12)25-9-13-4-3-5-14(16(13)21(25)26)10-28-17-15(23)8-24-20-18(17)29-11-30-20/h3-5,8,12,19,27H,6-7,9-11H2,1-2H3/t19-/m0/s1. The SMILES string of the molecule is CC(C)(O)[C@H](C1CC1)N1Cc2cccc(COc3c(Cl)cnc4c3OCO4)c2C1=O. The summed E-state index contributed by atoms with van der Waals surface area (Å²) in [6.45, 7) is 4.27. The van der Waals surface area contributed by atoms with E-state index in [2.05, 4.69) is 4.98 Å². The van der Waals surface area contributed by atoms with Crippen LogP contribution in [0.25, 0.3) is 0 Å². The van der Waals surface area contributed by atoms with E-state index in [1.54, 1.807) is 13.8 Å². The predicted octanol–water partition coefficient (Wildman–Crippen LogP) is 3.55. The third-order valence-corrected chi connectivity index (χ3v) is 6.13. The quantitative estimate of drug-likeness (QED) is 0.754. The maximum absolute atomic E-state index is 13.4. The minimum Gasteiger partial charge on any atom is -0.483 e. The van der Waals surface area contributed by atoms with Crippen LogP contribution in [0.5, 0.6) is 17.4 Å². The average molecular weight is 431 g/mol. The van der Waals surface area contributed by atoms with Crippen LogP contribution >= 0.6 is 11.6 Å². The van der Waals surface area contributed by atoms with Gasteiger partial charge in [0.2, 0.25) is 12.5 Å². The Morgan fingerprint density at radius 1 is 1.37 bits per heavy atom. The molecular weight excluding hydrogens is 408 g/mol.